The molecule has 3 rings (SSSR count). The third-order valence-corrected chi connectivity index (χ3v) is 4.78. The van der Waals surface area contributed by atoms with Gasteiger partial charge in [-0.2, -0.15) is 8.78 Å². The SMILES string of the molecule is COc1cccc(CNC(=O)Cn2c(SC(F)F)nc3ccccc32)c1OC. The average molecular weight is 407 g/mol. The number of nitrogens with zero attached hydrogens (tertiary/aromatic N) is 2. The van der Waals surface area contributed by atoms with Gasteiger partial charge in [-0.3, -0.25) is 4.79 Å². The van der Waals surface area contributed by atoms with Gasteiger partial charge in [0.25, 0.3) is 5.76 Å². The lowest BCUT2D eigenvalue weighted by molar-refractivity contribution is -0.121. The summed E-state index contributed by atoms with van der Waals surface area (Å²) in [7, 11) is 3.06. The van der Waals surface area contributed by atoms with Gasteiger partial charge in [-0.05, 0) is 30.0 Å². The van der Waals surface area contributed by atoms with E-state index in [-0.39, 0.29) is 24.2 Å². The standard InChI is InChI=1S/C19H19F2N3O3S/c1-26-15-9-5-6-12(17(15)27-2)10-22-16(25)11-24-14-8-4-3-7-13(14)23-19(24)28-18(20)21/h3-9,18H,10-11H2,1-2H3,(H,22,25). The van der Waals surface area contributed by atoms with Gasteiger partial charge in [-0.15, -0.1) is 0 Å². The van der Waals surface area contributed by atoms with Gasteiger partial charge < -0.3 is 19.4 Å². The van der Waals surface area contributed by atoms with E-state index < -0.39 is 5.76 Å². The van der Waals surface area contributed by atoms with Crippen molar-refractivity contribution in [3.63, 3.8) is 0 Å². The smallest absolute Gasteiger partial charge is 0.291 e. The predicted molar refractivity (Wildman–Crippen MR) is 103 cm³/mol. The van der Waals surface area contributed by atoms with Crippen LogP contribution in [0, 0.1) is 0 Å². The number of carbonyl (C=O) groups is 1. The number of thioether (sulfide) groups is 1. The number of benzene rings is 2. The van der Waals surface area contributed by atoms with Gasteiger partial charge in [0, 0.05) is 12.1 Å². The molecule has 0 saturated heterocycles. The fourth-order valence-electron chi connectivity index (χ4n) is 2.86. The van der Waals surface area contributed by atoms with Crippen LogP contribution in [-0.2, 0) is 17.9 Å². The Morgan fingerprint density at radius 2 is 1.96 bits per heavy atom. The second-order valence-electron chi connectivity index (χ2n) is 5.78. The molecule has 0 unspecified atom stereocenters. The number of ether oxygens (including phenoxy) is 2. The number of aromatic nitrogens is 2. The quantitative estimate of drug-likeness (QED) is 0.577. The number of hydrogen-bond donors (Lipinski definition) is 1. The summed E-state index contributed by atoms with van der Waals surface area (Å²) in [5, 5.41) is 2.89. The zero-order chi connectivity index (χ0) is 20.1. The Morgan fingerprint density at radius 1 is 1.18 bits per heavy atom. The number of nitrogens with one attached hydrogen (secondary N) is 1. The first-order valence-electron chi connectivity index (χ1n) is 8.40. The highest BCUT2D eigenvalue weighted by Gasteiger charge is 2.18. The van der Waals surface area contributed by atoms with Crippen molar-refractivity contribution in [2.45, 2.75) is 24.0 Å². The number of rotatable bonds is 8. The minimum atomic E-state index is -2.63. The van der Waals surface area contributed by atoms with Crippen molar-refractivity contribution < 1.29 is 23.0 Å². The maximum absolute atomic E-state index is 12.9. The molecule has 1 amide bonds. The maximum Gasteiger partial charge on any atom is 0.291 e. The first-order chi connectivity index (χ1) is 13.5. The minimum absolute atomic E-state index is 0.102. The van der Waals surface area contributed by atoms with Gasteiger partial charge in [0.05, 0.1) is 25.3 Å². The number of imidazole rings is 1. The van der Waals surface area contributed by atoms with E-state index in [1.54, 1.807) is 36.4 Å². The van der Waals surface area contributed by atoms with Crippen LogP contribution >= 0.6 is 11.8 Å². The highest BCUT2D eigenvalue weighted by Crippen LogP contribution is 2.31. The molecule has 2 aromatic carbocycles. The van der Waals surface area contributed by atoms with Crippen molar-refractivity contribution in [2.75, 3.05) is 14.2 Å². The number of alkyl halides is 2. The van der Waals surface area contributed by atoms with Crippen molar-refractivity contribution >= 4 is 28.7 Å². The van der Waals surface area contributed by atoms with E-state index in [2.05, 4.69) is 10.3 Å². The van der Waals surface area contributed by atoms with Gasteiger partial charge in [0.15, 0.2) is 16.7 Å². The summed E-state index contributed by atoms with van der Waals surface area (Å²) in [5.41, 5.74) is 1.93. The second-order valence-corrected chi connectivity index (χ2v) is 6.73. The van der Waals surface area contributed by atoms with E-state index in [4.69, 9.17) is 9.47 Å². The molecule has 0 radical (unpaired) electrons. The van der Waals surface area contributed by atoms with E-state index in [9.17, 15) is 13.6 Å². The highest BCUT2D eigenvalue weighted by atomic mass is 32.2. The molecular formula is C19H19F2N3O3S. The van der Waals surface area contributed by atoms with Crippen LogP contribution in [0.15, 0.2) is 47.6 Å². The predicted octanol–water partition coefficient (Wildman–Crippen LogP) is 3.68. The summed E-state index contributed by atoms with van der Waals surface area (Å²) in [5.74, 6) is -1.86. The van der Waals surface area contributed by atoms with E-state index in [1.807, 2.05) is 6.07 Å². The molecule has 1 N–H and O–H groups in total. The maximum atomic E-state index is 12.9. The van der Waals surface area contributed by atoms with Crippen LogP contribution in [0.3, 0.4) is 0 Å². The number of hydrogen-bond acceptors (Lipinski definition) is 5. The molecule has 1 heterocycles. The van der Waals surface area contributed by atoms with Gasteiger partial charge >= 0.3 is 0 Å². The molecule has 0 aliphatic carbocycles. The van der Waals surface area contributed by atoms with Crippen LogP contribution in [0.1, 0.15) is 5.56 Å². The molecule has 0 fully saturated rings. The topological polar surface area (TPSA) is 65.4 Å². The van der Waals surface area contributed by atoms with E-state index in [1.165, 1.54) is 18.8 Å². The van der Waals surface area contributed by atoms with Crippen molar-refractivity contribution in [3.8, 4) is 11.5 Å². The molecule has 148 valence electrons. The number of halogens is 2. The number of fused-ring (bicyclic) bond motifs is 1. The molecule has 0 aliphatic rings. The first kappa shape index (κ1) is 19.9. The number of para-hydroxylation sites is 3. The highest BCUT2D eigenvalue weighted by molar-refractivity contribution is 7.99. The van der Waals surface area contributed by atoms with Crippen LogP contribution in [0.25, 0.3) is 11.0 Å². The Hall–Kier alpha value is -2.81. The summed E-state index contributed by atoms with van der Waals surface area (Å²) in [6, 6.07) is 12.4. The minimum Gasteiger partial charge on any atom is -0.493 e. The lowest BCUT2D eigenvalue weighted by Crippen LogP contribution is -2.27. The Labute approximate surface area is 164 Å². The molecular weight excluding hydrogens is 388 g/mol. The van der Waals surface area contributed by atoms with E-state index in [0.29, 0.717) is 34.3 Å². The average Bonchev–Trinajstić information content (AvgIpc) is 3.02. The second kappa shape index (κ2) is 8.92. The van der Waals surface area contributed by atoms with Crippen molar-refractivity contribution in [3.05, 3.63) is 48.0 Å². The lowest BCUT2D eigenvalue weighted by Gasteiger charge is -2.14. The molecule has 9 heteroatoms. The van der Waals surface area contributed by atoms with Gasteiger partial charge in [-0.1, -0.05) is 24.3 Å². The van der Waals surface area contributed by atoms with Gasteiger partial charge in [0.2, 0.25) is 5.91 Å². The fraction of sp³-hybridized carbons (Fsp3) is 0.263. The number of amides is 1. The summed E-state index contributed by atoms with van der Waals surface area (Å²) < 4.78 is 37.8. The fourth-order valence-corrected chi connectivity index (χ4v) is 3.46. The van der Waals surface area contributed by atoms with E-state index >= 15 is 0 Å². The van der Waals surface area contributed by atoms with Crippen LogP contribution in [0.4, 0.5) is 8.78 Å². The lowest BCUT2D eigenvalue weighted by atomic mass is 10.2. The molecule has 28 heavy (non-hydrogen) atoms. The zero-order valence-electron chi connectivity index (χ0n) is 15.3. The Bertz CT molecular complexity index is 978. The third kappa shape index (κ3) is 4.36. The van der Waals surface area contributed by atoms with Crippen LogP contribution < -0.4 is 14.8 Å². The Balaban J connectivity index is 1.77. The monoisotopic (exact) mass is 407 g/mol. The normalized spacial score (nSPS) is 11.0. The molecule has 1 aromatic heterocycles. The largest absolute Gasteiger partial charge is 0.493 e. The van der Waals surface area contributed by atoms with Gasteiger partial charge in [0.1, 0.15) is 6.54 Å². The summed E-state index contributed by atoms with van der Waals surface area (Å²) >= 11 is 0.320. The van der Waals surface area contributed by atoms with Crippen molar-refractivity contribution in [2.24, 2.45) is 0 Å². The Kier molecular flexibility index (Phi) is 6.35. The number of carbonyl (C=O) groups excluding carboxylic acids is 1. The molecule has 0 bridgehead atoms. The van der Waals surface area contributed by atoms with Crippen molar-refractivity contribution in [1.29, 1.82) is 0 Å². The number of methoxy groups -OCH3 is 2. The zero-order valence-corrected chi connectivity index (χ0v) is 16.1. The van der Waals surface area contributed by atoms with Crippen LogP contribution in [-0.4, -0.2) is 35.4 Å². The molecule has 0 aliphatic heterocycles. The van der Waals surface area contributed by atoms with Crippen LogP contribution in [0.2, 0.25) is 0 Å². The summed E-state index contributed by atoms with van der Waals surface area (Å²) in [6.07, 6.45) is 0. The molecule has 0 atom stereocenters. The molecule has 0 saturated carbocycles. The molecule has 3 aromatic rings. The van der Waals surface area contributed by atoms with Gasteiger partial charge in [-0.25, -0.2) is 4.98 Å². The first-order valence-corrected chi connectivity index (χ1v) is 9.28. The van der Waals surface area contributed by atoms with Crippen LogP contribution in [0.5, 0.6) is 11.5 Å². The molecule has 6 nitrogen and oxygen atoms in total. The van der Waals surface area contributed by atoms with E-state index in [0.717, 1.165) is 5.56 Å². The Morgan fingerprint density at radius 3 is 2.68 bits per heavy atom. The summed E-state index contributed by atoms with van der Waals surface area (Å²) in [4.78, 5) is 16.7. The summed E-state index contributed by atoms with van der Waals surface area (Å²) in [6.45, 7) is 0.0883. The van der Waals surface area contributed by atoms with Crippen molar-refractivity contribution in [1.82, 2.24) is 14.9 Å². The third-order valence-electron chi connectivity index (χ3n) is 4.08. The molecule has 0 spiro atoms.